The molecule has 0 radical (unpaired) electrons. The molecule has 23 heavy (non-hydrogen) atoms. The van der Waals surface area contributed by atoms with Crippen LogP contribution in [0.4, 0.5) is 0 Å². The second kappa shape index (κ2) is 7.57. The van der Waals surface area contributed by atoms with Crippen molar-refractivity contribution < 1.29 is 13.2 Å². The molecule has 1 aromatic heterocycles. The summed E-state index contributed by atoms with van der Waals surface area (Å²) in [5.41, 5.74) is 0.965. The maximum atomic E-state index is 12.3. The maximum Gasteiger partial charge on any atom is 0.252 e. The highest BCUT2D eigenvalue weighted by atomic mass is 79.9. The first-order chi connectivity index (χ1) is 10.8. The average molecular weight is 417 g/mol. The number of halogens is 1. The molecule has 0 aliphatic heterocycles. The third-order valence-corrected chi connectivity index (χ3v) is 7.26. The van der Waals surface area contributed by atoms with Gasteiger partial charge in [0, 0.05) is 25.1 Å². The normalized spacial score (nSPS) is 11.7. The fourth-order valence-corrected chi connectivity index (χ4v) is 4.66. The lowest BCUT2D eigenvalue weighted by Gasteiger charge is -2.22. The molecule has 0 N–H and O–H groups in total. The van der Waals surface area contributed by atoms with Gasteiger partial charge in [-0.2, -0.15) is 4.31 Å². The Morgan fingerprint density at radius 3 is 2.48 bits per heavy atom. The Labute approximate surface area is 148 Å². The highest BCUT2D eigenvalue weighted by Crippen LogP contribution is 2.20. The Morgan fingerprint density at radius 2 is 1.87 bits per heavy atom. The van der Waals surface area contributed by atoms with Gasteiger partial charge in [-0.3, -0.25) is 4.79 Å². The molecule has 1 amide bonds. The third kappa shape index (κ3) is 4.41. The highest BCUT2D eigenvalue weighted by molar-refractivity contribution is 9.10. The number of carbonyl (C=O) groups is 1. The van der Waals surface area contributed by atoms with Crippen molar-refractivity contribution in [2.24, 2.45) is 0 Å². The zero-order chi connectivity index (χ0) is 17.0. The van der Waals surface area contributed by atoms with Crippen LogP contribution in [0.5, 0.6) is 0 Å². The van der Waals surface area contributed by atoms with Crippen LogP contribution in [0.25, 0.3) is 0 Å². The maximum absolute atomic E-state index is 12.3. The van der Waals surface area contributed by atoms with Gasteiger partial charge in [-0.05, 0) is 23.1 Å². The van der Waals surface area contributed by atoms with Gasteiger partial charge >= 0.3 is 0 Å². The predicted octanol–water partition coefficient (Wildman–Crippen LogP) is 2.79. The lowest BCUT2D eigenvalue weighted by Crippen LogP contribution is -2.38. The topological polar surface area (TPSA) is 57.7 Å². The molecule has 0 aliphatic carbocycles. The molecular weight excluding hydrogens is 400 g/mol. The molecular formula is C15H17BrN2O3S2. The SMILES string of the molecule is CN(Cc1ccccc1Br)C(=O)CN(C)S(=O)(=O)c1cccs1. The lowest BCUT2D eigenvalue weighted by atomic mass is 10.2. The van der Waals surface area contributed by atoms with Gasteiger partial charge in [0.1, 0.15) is 4.21 Å². The first-order valence-corrected chi connectivity index (χ1v) is 9.91. The predicted molar refractivity (Wildman–Crippen MR) is 94.8 cm³/mol. The molecule has 0 saturated heterocycles. The summed E-state index contributed by atoms with van der Waals surface area (Å²) in [5, 5.41) is 1.70. The van der Waals surface area contributed by atoms with Crippen molar-refractivity contribution in [2.45, 2.75) is 10.8 Å². The van der Waals surface area contributed by atoms with Crippen molar-refractivity contribution in [3.63, 3.8) is 0 Å². The van der Waals surface area contributed by atoms with E-state index < -0.39 is 10.0 Å². The van der Waals surface area contributed by atoms with Crippen LogP contribution in [0.1, 0.15) is 5.56 Å². The van der Waals surface area contributed by atoms with Crippen LogP contribution in [0.15, 0.2) is 50.5 Å². The number of sulfonamides is 1. The van der Waals surface area contributed by atoms with Crippen LogP contribution in [0.2, 0.25) is 0 Å². The summed E-state index contributed by atoms with van der Waals surface area (Å²) >= 11 is 4.58. The Bertz CT molecular complexity index is 776. The Morgan fingerprint density at radius 1 is 1.17 bits per heavy atom. The summed E-state index contributed by atoms with van der Waals surface area (Å²) < 4.78 is 26.9. The number of benzene rings is 1. The van der Waals surface area contributed by atoms with Crippen LogP contribution in [0.3, 0.4) is 0 Å². The molecule has 0 saturated carbocycles. The Balaban J connectivity index is 2.02. The Kier molecular flexibility index (Phi) is 5.96. The molecule has 0 atom stereocenters. The second-order valence-corrected chi connectivity index (χ2v) is 9.11. The van der Waals surface area contributed by atoms with Gasteiger partial charge < -0.3 is 4.90 Å². The molecule has 5 nitrogen and oxygen atoms in total. The van der Waals surface area contributed by atoms with Gasteiger partial charge in [0.15, 0.2) is 0 Å². The molecule has 1 aromatic carbocycles. The van der Waals surface area contributed by atoms with Crippen LogP contribution in [0, 0.1) is 0 Å². The summed E-state index contributed by atoms with van der Waals surface area (Å²) in [6, 6.07) is 10.8. The van der Waals surface area contributed by atoms with Crippen LogP contribution in [-0.4, -0.2) is 44.2 Å². The van der Waals surface area contributed by atoms with Crippen LogP contribution in [-0.2, 0) is 21.4 Å². The van der Waals surface area contributed by atoms with E-state index in [0.29, 0.717) is 6.54 Å². The molecule has 124 valence electrons. The quantitative estimate of drug-likeness (QED) is 0.727. The minimum Gasteiger partial charge on any atom is -0.340 e. The monoisotopic (exact) mass is 416 g/mol. The van der Waals surface area contributed by atoms with Gasteiger partial charge in [0.25, 0.3) is 10.0 Å². The average Bonchev–Trinajstić information content (AvgIpc) is 3.04. The largest absolute Gasteiger partial charge is 0.340 e. The minimum absolute atomic E-state index is 0.193. The molecule has 0 spiro atoms. The van der Waals surface area contributed by atoms with Gasteiger partial charge in [0.05, 0.1) is 6.54 Å². The fourth-order valence-electron chi connectivity index (χ4n) is 1.93. The van der Waals surface area contributed by atoms with E-state index in [-0.39, 0.29) is 16.7 Å². The fraction of sp³-hybridized carbons (Fsp3) is 0.267. The summed E-state index contributed by atoms with van der Waals surface area (Å²) in [4.78, 5) is 13.8. The molecule has 0 fully saturated rings. The van der Waals surface area contributed by atoms with Gasteiger partial charge in [0.2, 0.25) is 5.91 Å². The van der Waals surface area contributed by atoms with E-state index in [4.69, 9.17) is 0 Å². The van der Waals surface area contributed by atoms with Crippen molar-refractivity contribution in [1.82, 2.24) is 9.21 Å². The lowest BCUT2D eigenvalue weighted by molar-refractivity contribution is -0.130. The third-order valence-electron chi connectivity index (χ3n) is 3.31. The number of rotatable bonds is 6. The summed E-state index contributed by atoms with van der Waals surface area (Å²) in [6.07, 6.45) is 0. The summed E-state index contributed by atoms with van der Waals surface area (Å²) in [5.74, 6) is -0.261. The number of carbonyl (C=O) groups excluding carboxylic acids is 1. The molecule has 2 aromatic rings. The van der Waals surface area contributed by atoms with E-state index in [1.807, 2.05) is 24.3 Å². The number of hydrogen-bond acceptors (Lipinski definition) is 4. The van der Waals surface area contributed by atoms with E-state index in [1.165, 1.54) is 18.0 Å². The zero-order valence-corrected chi connectivity index (χ0v) is 16.0. The summed E-state index contributed by atoms with van der Waals surface area (Å²) in [7, 11) is -0.534. The van der Waals surface area contributed by atoms with Crippen molar-refractivity contribution in [2.75, 3.05) is 20.6 Å². The number of amides is 1. The molecule has 0 bridgehead atoms. The number of likely N-dealkylation sites (N-methyl/N-ethyl adjacent to an activating group) is 2. The number of nitrogens with zero attached hydrogens (tertiary/aromatic N) is 2. The highest BCUT2D eigenvalue weighted by Gasteiger charge is 2.25. The smallest absolute Gasteiger partial charge is 0.252 e. The van der Waals surface area contributed by atoms with E-state index >= 15 is 0 Å². The first kappa shape index (κ1) is 18.1. The zero-order valence-electron chi connectivity index (χ0n) is 12.8. The number of hydrogen-bond donors (Lipinski definition) is 0. The molecule has 2 rings (SSSR count). The van der Waals surface area contributed by atoms with Crippen molar-refractivity contribution >= 4 is 43.2 Å². The molecule has 0 unspecified atom stereocenters. The molecule has 1 heterocycles. The van der Waals surface area contributed by atoms with Gasteiger partial charge in [-0.1, -0.05) is 40.2 Å². The van der Waals surface area contributed by atoms with Gasteiger partial charge in [-0.15, -0.1) is 11.3 Å². The van der Waals surface area contributed by atoms with E-state index in [2.05, 4.69) is 15.9 Å². The first-order valence-electron chi connectivity index (χ1n) is 6.79. The van der Waals surface area contributed by atoms with E-state index in [1.54, 1.807) is 18.5 Å². The van der Waals surface area contributed by atoms with Crippen molar-refractivity contribution in [3.8, 4) is 0 Å². The van der Waals surface area contributed by atoms with Crippen molar-refractivity contribution in [3.05, 3.63) is 51.8 Å². The van der Waals surface area contributed by atoms with E-state index in [0.717, 1.165) is 25.7 Å². The molecule has 0 aliphatic rings. The van der Waals surface area contributed by atoms with Crippen molar-refractivity contribution in [1.29, 1.82) is 0 Å². The minimum atomic E-state index is -3.61. The van der Waals surface area contributed by atoms with Crippen LogP contribution < -0.4 is 0 Å². The second-order valence-electron chi connectivity index (χ2n) is 5.03. The van der Waals surface area contributed by atoms with E-state index in [9.17, 15) is 13.2 Å². The molecule has 8 heteroatoms. The van der Waals surface area contributed by atoms with Crippen LogP contribution >= 0.6 is 27.3 Å². The Hall–Kier alpha value is -1.22. The number of thiophene rings is 1. The summed E-state index contributed by atoms with van der Waals surface area (Å²) in [6.45, 7) is 0.217. The van der Waals surface area contributed by atoms with Gasteiger partial charge in [-0.25, -0.2) is 8.42 Å². The standard InChI is InChI=1S/C15H17BrN2O3S2/c1-17(10-12-6-3-4-7-13(12)16)14(19)11-18(2)23(20,21)15-8-5-9-22-15/h3-9H,10-11H2,1-2H3.